The van der Waals surface area contributed by atoms with Gasteiger partial charge >= 0.3 is 5.97 Å². The Bertz CT molecular complexity index is 408. The number of unbranched alkanes of at least 4 members (excludes halogenated alkanes) is 4. The maximum absolute atomic E-state index is 11.5. The molecule has 142 valence electrons. The van der Waals surface area contributed by atoms with Crippen molar-refractivity contribution in [1.82, 2.24) is 0 Å². The lowest BCUT2D eigenvalue weighted by Crippen LogP contribution is -2.35. The van der Waals surface area contributed by atoms with Crippen LogP contribution >= 0.6 is 7.82 Å². The van der Waals surface area contributed by atoms with E-state index >= 15 is 0 Å². The van der Waals surface area contributed by atoms with Crippen LogP contribution in [-0.2, 0) is 23.1 Å². The summed E-state index contributed by atoms with van der Waals surface area (Å²) in [7, 11) is 2.08. The Morgan fingerprint density at radius 3 is 2.00 bits per heavy atom. The molecule has 0 saturated carbocycles. The van der Waals surface area contributed by atoms with Gasteiger partial charge in [-0.2, -0.15) is 0 Å². The van der Waals surface area contributed by atoms with Crippen LogP contribution in [0.5, 0.6) is 0 Å². The maximum Gasteiger partial charge on any atom is 0.330 e. The van der Waals surface area contributed by atoms with Crippen molar-refractivity contribution in [3.8, 4) is 0 Å². The predicted molar refractivity (Wildman–Crippen MR) is 91.3 cm³/mol. The Morgan fingerprint density at radius 1 is 1.00 bits per heavy atom. The molecule has 8 heteroatoms. The van der Waals surface area contributed by atoms with Crippen LogP contribution in [0.4, 0.5) is 0 Å². The minimum Gasteiger partial charge on any atom is -0.756 e. The average molecular weight is 365 g/mol. The van der Waals surface area contributed by atoms with Gasteiger partial charge in [-0.3, -0.25) is 4.57 Å². The molecule has 0 radical (unpaired) electrons. The van der Waals surface area contributed by atoms with Crippen LogP contribution in [0.25, 0.3) is 0 Å². The molecule has 0 N–H and O–H groups in total. The maximum atomic E-state index is 11.5. The molecule has 7 nitrogen and oxygen atoms in total. The van der Waals surface area contributed by atoms with Crippen molar-refractivity contribution in [2.45, 2.75) is 38.5 Å². The normalized spacial score (nSPS) is 14.2. The molecular formula is C16H32NO6P. The fourth-order valence-corrected chi connectivity index (χ4v) is 2.65. The van der Waals surface area contributed by atoms with Gasteiger partial charge in [0.25, 0.3) is 7.82 Å². The first-order chi connectivity index (χ1) is 11.2. The van der Waals surface area contributed by atoms with Gasteiger partial charge in [0.1, 0.15) is 0 Å². The van der Waals surface area contributed by atoms with Crippen molar-refractivity contribution in [3.05, 3.63) is 12.7 Å². The van der Waals surface area contributed by atoms with Crippen LogP contribution in [0.3, 0.4) is 0 Å². The second kappa shape index (κ2) is 12.6. The molecule has 1 atom stereocenters. The number of hydrogen-bond donors (Lipinski definition) is 0. The molecule has 0 fully saturated rings. The van der Waals surface area contributed by atoms with E-state index in [9.17, 15) is 14.3 Å². The van der Waals surface area contributed by atoms with Crippen molar-refractivity contribution >= 4 is 13.8 Å². The summed E-state index contributed by atoms with van der Waals surface area (Å²) in [4.78, 5) is 22.3. The van der Waals surface area contributed by atoms with E-state index in [0.29, 0.717) is 19.4 Å². The third kappa shape index (κ3) is 16.1. The second-order valence-corrected chi connectivity index (χ2v) is 8.03. The second-order valence-electron chi connectivity index (χ2n) is 6.62. The number of nitrogens with zero attached hydrogens (tertiary/aromatic N) is 1. The van der Waals surface area contributed by atoms with Gasteiger partial charge in [-0.05, 0) is 32.1 Å². The predicted octanol–water partition coefficient (Wildman–Crippen LogP) is 2.26. The van der Waals surface area contributed by atoms with Gasteiger partial charge in [0.2, 0.25) is 0 Å². The highest BCUT2D eigenvalue weighted by molar-refractivity contribution is 7.45. The van der Waals surface area contributed by atoms with Gasteiger partial charge in [0, 0.05) is 6.08 Å². The molecule has 0 amide bonds. The molecule has 0 aromatic heterocycles. The Labute approximate surface area is 145 Å². The van der Waals surface area contributed by atoms with Crippen molar-refractivity contribution in [1.29, 1.82) is 0 Å². The van der Waals surface area contributed by atoms with E-state index in [1.54, 1.807) is 0 Å². The quantitative estimate of drug-likeness (QED) is 0.145. The van der Waals surface area contributed by atoms with Crippen LogP contribution in [0.1, 0.15) is 38.5 Å². The van der Waals surface area contributed by atoms with E-state index in [4.69, 9.17) is 13.8 Å². The smallest absolute Gasteiger partial charge is 0.330 e. The van der Waals surface area contributed by atoms with Gasteiger partial charge < -0.3 is 23.2 Å². The van der Waals surface area contributed by atoms with Crippen molar-refractivity contribution < 1.29 is 32.5 Å². The first-order valence-electron chi connectivity index (χ1n) is 8.36. The Morgan fingerprint density at radius 2 is 1.50 bits per heavy atom. The van der Waals surface area contributed by atoms with Crippen LogP contribution < -0.4 is 4.89 Å². The minimum atomic E-state index is -4.19. The zero-order valence-electron chi connectivity index (χ0n) is 15.2. The molecule has 0 aliphatic rings. The number of rotatable bonds is 15. The summed E-state index contributed by atoms with van der Waals surface area (Å²) in [5, 5.41) is 0. The van der Waals surface area contributed by atoms with Crippen LogP contribution in [0.2, 0.25) is 0 Å². The molecule has 0 spiro atoms. The van der Waals surface area contributed by atoms with Gasteiger partial charge in [0.05, 0.1) is 47.5 Å². The fourth-order valence-electron chi connectivity index (χ4n) is 1.87. The topological polar surface area (TPSA) is 84.9 Å². The zero-order chi connectivity index (χ0) is 18.5. The summed E-state index contributed by atoms with van der Waals surface area (Å²) in [6.45, 7) is 4.90. The lowest BCUT2D eigenvalue weighted by molar-refractivity contribution is -0.870. The standard InChI is InChI=1S/C16H32NO6P/c1-5-16(18)21-13-9-6-7-10-14-22-24(19,20)23-15-11-8-12-17(2,3)4/h5H,1,6-15H2,2-4H3. The van der Waals surface area contributed by atoms with Crippen molar-refractivity contribution in [3.63, 3.8) is 0 Å². The highest BCUT2D eigenvalue weighted by Crippen LogP contribution is 2.38. The van der Waals surface area contributed by atoms with Crippen molar-refractivity contribution in [2.24, 2.45) is 0 Å². The highest BCUT2D eigenvalue weighted by atomic mass is 31.2. The van der Waals surface area contributed by atoms with E-state index in [1.807, 2.05) is 0 Å². The molecule has 1 unspecified atom stereocenters. The Kier molecular flexibility index (Phi) is 12.2. The number of carbonyl (C=O) groups is 1. The number of esters is 1. The molecule has 0 rings (SSSR count). The number of ether oxygens (including phenoxy) is 1. The summed E-state index contributed by atoms with van der Waals surface area (Å²) in [5.74, 6) is -0.427. The highest BCUT2D eigenvalue weighted by Gasteiger charge is 2.10. The SMILES string of the molecule is C=CC(=O)OCCCCCCOP(=O)([O-])OCCCC[N+](C)(C)C. The lowest BCUT2D eigenvalue weighted by atomic mass is 10.2. The third-order valence-electron chi connectivity index (χ3n) is 3.17. The first-order valence-corrected chi connectivity index (χ1v) is 9.82. The molecule has 0 saturated heterocycles. The summed E-state index contributed by atoms with van der Waals surface area (Å²) in [5.41, 5.74) is 0. The number of phosphoric ester groups is 1. The molecule has 0 aliphatic heterocycles. The van der Waals surface area contributed by atoms with Crippen LogP contribution in [0, 0.1) is 0 Å². The van der Waals surface area contributed by atoms with E-state index in [-0.39, 0.29) is 13.2 Å². The summed E-state index contributed by atoms with van der Waals surface area (Å²) < 4.78 is 26.9. The average Bonchev–Trinajstić information content (AvgIpc) is 2.47. The summed E-state index contributed by atoms with van der Waals surface area (Å²) >= 11 is 0. The molecule has 0 bridgehead atoms. The summed E-state index contributed by atoms with van der Waals surface area (Å²) in [6, 6.07) is 0. The molecule has 0 heterocycles. The summed E-state index contributed by atoms with van der Waals surface area (Å²) in [6.07, 6.45) is 5.71. The first kappa shape index (κ1) is 23.3. The fraction of sp³-hybridized carbons (Fsp3) is 0.812. The zero-order valence-corrected chi connectivity index (χ0v) is 16.1. The number of carbonyl (C=O) groups excluding carboxylic acids is 1. The van der Waals surface area contributed by atoms with E-state index in [0.717, 1.165) is 42.8 Å². The van der Waals surface area contributed by atoms with Gasteiger partial charge in [0.15, 0.2) is 0 Å². The van der Waals surface area contributed by atoms with Crippen LogP contribution in [0.15, 0.2) is 12.7 Å². The van der Waals surface area contributed by atoms with E-state index < -0.39 is 13.8 Å². The van der Waals surface area contributed by atoms with E-state index in [1.165, 1.54) is 0 Å². The number of phosphoric acid groups is 1. The molecule has 0 aromatic carbocycles. The van der Waals surface area contributed by atoms with Gasteiger partial charge in [-0.1, -0.05) is 13.0 Å². The molecule has 24 heavy (non-hydrogen) atoms. The largest absolute Gasteiger partial charge is 0.756 e. The minimum absolute atomic E-state index is 0.117. The van der Waals surface area contributed by atoms with E-state index in [2.05, 4.69) is 27.7 Å². The molecular weight excluding hydrogens is 333 g/mol. The third-order valence-corrected chi connectivity index (χ3v) is 4.17. The van der Waals surface area contributed by atoms with Crippen molar-refractivity contribution in [2.75, 3.05) is 47.5 Å². The van der Waals surface area contributed by atoms with Gasteiger partial charge in [-0.25, -0.2) is 4.79 Å². The Hall–Kier alpha value is -0.720. The monoisotopic (exact) mass is 365 g/mol. The van der Waals surface area contributed by atoms with Crippen LogP contribution in [-0.4, -0.2) is 58.0 Å². The number of quaternary nitrogens is 1. The molecule has 0 aromatic rings. The Balaban J connectivity index is 3.52. The number of hydrogen-bond acceptors (Lipinski definition) is 6. The lowest BCUT2D eigenvalue weighted by Gasteiger charge is -2.25. The molecule has 0 aliphatic carbocycles. The van der Waals surface area contributed by atoms with Gasteiger partial charge in [-0.15, -0.1) is 0 Å².